The highest BCUT2D eigenvalue weighted by molar-refractivity contribution is 6.38. The van der Waals surface area contributed by atoms with Crippen LogP contribution in [0.15, 0.2) is 0 Å². The van der Waals surface area contributed by atoms with Crippen molar-refractivity contribution in [3.8, 4) is 0 Å². The molecule has 12 N–H and O–H groups in total. The first kappa shape index (κ1) is 29.3. The lowest BCUT2D eigenvalue weighted by Crippen LogP contribution is -2.82. The van der Waals surface area contributed by atoms with Crippen molar-refractivity contribution in [3.63, 3.8) is 0 Å². The summed E-state index contributed by atoms with van der Waals surface area (Å²) < 4.78 is 0. The van der Waals surface area contributed by atoms with Crippen molar-refractivity contribution < 1.29 is 42.1 Å². The Hall–Kier alpha value is -0.103. The molecule has 0 saturated heterocycles. The molecule has 9 heteroatoms. The first-order valence-corrected chi connectivity index (χ1v) is 5.28. The zero-order valence-electron chi connectivity index (χ0n) is 8.96. The van der Waals surface area contributed by atoms with Crippen LogP contribution in [0.1, 0.15) is 0 Å². The molecule has 0 bridgehead atoms. The highest BCUT2D eigenvalue weighted by Gasteiger charge is 1.36. The molecule has 0 saturated carbocycles. The molecule has 0 aliphatic carbocycles. The molecule has 0 spiro atoms. The fourth-order valence-electron chi connectivity index (χ4n) is 0. The monoisotopic (exact) mass is 220 g/mol. The smallest absolute Gasteiger partial charge is 0.0634 e. The average Bonchev–Trinajstić information content (AvgIpc) is 2.14. The van der Waals surface area contributed by atoms with Gasteiger partial charge in [0, 0.05) is 0 Å². The van der Waals surface area contributed by atoms with Crippen molar-refractivity contribution in [1.82, 2.24) is 0 Å². The quantitative estimate of drug-likeness (QED) is 0.293. The van der Waals surface area contributed by atoms with E-state index in [0.29, 0.717) is 0 Å². The molecule has 0 aliphatic heterocycles. The maximum absolute atomic E-state index is 8.58. The average molecular weight is 220 g/mol. The summed E-state index contributed by atoms with van der Waals surface area (Å²) in [6.07, 6.45) is 0. The highest BCUT2D eigenvalue weighted by atomic mass is 28.4. The minimum absolute atomic E-state index is 1.75. The minimum Gasteiger partial charge on any atom is -0.894 e. The third-order valence-electron chi connectivity index (χ3n) is 0. The Balaban J connectivity index is -0.0000000230. The molecule has 8 nitrogen and oxygen atoms in total. The molecule has 0 unspecified atom stereocenters. The molecular formula is C4H24N4O4Si. The van der Waals surface area contributed by atoms with E-state index in [4.69, 9.17) is 19.2 Å². The van der Waals surface area contributed by atoms with Gasteiger partial charge in [-0.1, -0.05) is 0 Å². The van der Waals surface area contributed by atoms with Gasteiger partial charge < -0.3 is 51.2 Å². The molecule has 0 heterocycles. The summed E-state index contributed by atoms with van der Waals surface area (Å²) in [4.78, 5) is 34.3. The van der Waals surface area contributed by atoms with Crippen LogP contribution < -0.4 is 42.1 Å². The SMILES string of the molecule is C[NH3+].C[NH3+].C[NH3+].C[NH3+].[O-][Si]([O-])([O-])[O-]. The van der Waals surface area contributed by atoms with Crippen molar-refractivity contribution >= 4 is 9.05 Å². The van der Waals surface area contributed by atoms with Crippen molar-refractivity contribution in [2.24, 2.45) is 0 Å². The van der Waals surface area contributed by atoms with Gasteiger partial charge in [0.1, 0.15) is 0 Å². The summed E-state index contributed by atoms with van der Waals surface area (Å²) >= 11 is 0. The first-order valence-electron chi connectivity index (χ1n) is 3.64. The van der Waals surface area contributed by atoms with E-state index in [-0.39, 0.29) is 0 Å². The van der Waals surface area contributed by atoms with E-state index in [9.17, 15) is 0 Å². The van der Waals surface area contributed by atoms with Crippen LogP contribution >= 0.6 is 0 Å². The maximum Gasteiger partial charge on any atom is 0.0634 e. The molecule has 0 aromatic heterocycles. The molecule has 0 aliphatic rings. The lowest BCUT2D eigenvalue weighted by Gasteiger charge is -2.67. The van der Waals surface area contributed by atoms with Gasteiger partial charge >= 0.3 is 0 Å². The second-order valence-electron chi connectivity index (χ2n) is 0.500. The molecule has 0 fully saturated rings. The van der Waals surface area contributed by atoms with Gasteiger partial charge in [-0.15, -0.1) is 0 Å². The predicted molar refractivity (Wildman–Crippen MR) is 41.0 cm³/mol. The molecule has 0 amide bonds. The van der Waals surface area contributed by atoms with Gasteiger partial charge in [0.2, 0.25) is 0 Å². The summed E-state index contributed by atoms with van der Waals surface area (Å²) in [5.41, 5.74) is 13.0. The molecule has 0 radical (unpaired) electrons. The van der Waals surface area contributed by atoms with Gasteiger partial charge in [-0.2, -0.15) is 0 Å². The molecule has 0 aromatic rings. The van der Waals surface area contributed by atoms with Crippen molar-refractivity contribution in [1.29, 1.82) is 0 Å². The number of hydrogen-bond donors (Lipinski definition) is 4. The Bertz CT molecular complexity index is 39.6. The zero-order valence-corrected chi connectivity index (χ0v) is 9.96. The molecule has 13 heavy (non-hydrogen) atoms. The van der Waals surface area contributed by atoms with Gasteiger partial charge in [-0.05, 0) is 0 Å². The summed E-state index contributed by atoms with van der Waals surface area (Å²) in [6.45, 7) is 0. The van der Waals surface area contributed by atoms with E-state index < -0.39 is 9.05 Å². The van der Waals surface area contributed by atoms with Gasteiger partial charge in [0.25, 0.3) is 0 Å². The summed E-state index contributed by atoms with van der Waals surface area (Å²) in [7, 11) is 1.39. The van der Waals surface area contributed by atoms with Crippen LogP contribution in [0.5, 0.6) is 0 Å². The molecule has 0 atom stereocenters. The molecule has 0 aromatic carbocycles. The highest BCUT2D eigenvalue weighted by Crippen LogP contribution is 1.26. The number of rotatable bonds is 0. The van der Waals surface area contributed by atoms with Crippen LogP contribution in [0.4, 0.5) is 0 Å². The Labute approximate surface area is 80.3 Å². The second kappa shape index (κ2) is 40.6. The van der Waals surface area contributed by atoms with Gasteiger partial charge in [-0.25, -0.2) is 0 Å². The van der Waals surface area contributed by atoms with Crippen molar-refractivity contribution in [2.75, 3.05) is 28.2 Å². The van der Waals surface area contributed by atoms with Gasteiger partial charge in [-0.3, -0.25) is 0 Å². The topological polar surface area (TPSA) is 203 Å². The maximum atomic E-state index is 8.58. The lowest BCUT2D eigenvalue weighted by atomic mass is 11.6. The number of hydrogen-bond acceptors (Lipinski definition) is 4. The van der Waals surface area contributed by atoms with Crippen LogP contribution in [0.2, 0.25) is 0 Å². The first-order chi connectivity index (χ1) is 6.00. The third kappa shape index (κ3) is 110000. The van der Waals surface area contributed by atoms with Crippen molar-refractivity contribution in [2.45, 2.75) is 0 Å². The van der Waals surface area contributed by atoms with E-state index in [1.54, 1.807) is 28.2 Å². The lowest BCUT2D eigenvalue weighted by molar-refractivity contribution is -0.624. The summed E-state index contributed by atoms with van der Waals surface area (Å²) in [5, 5.41) is 0. The van der Waals surface area contributed by atoms with E-state index in [2.05, 4.69) is 22.9 Å². The number of quaternary nitrogens is 4. The Morgan fingerprint density at radius 2 is 0.538 bits per heavy atom. The standard InChI is InChI=1S/4CH5N.O4Si/c4*1-2;1-5(2,3)4/h4*2H2,1H3;/q;;;;-4/p+4. The van der Waals surface area contributed by atoms with E-state index >= 15 is 0 Å². The largest absolute Gasteiger partial charge is 0.894 e. The second-order valence-corrected chi connectivity index (χ2v) is 1.50. The van der Waals surface area contributed by atoms with Crippen molar-refractivity contribution in [3.05, 3.63) is 0 Å². The van der Waals surface area contributed by atoms with E-state index in [1.165, 1.54) is 0 Å². The van der Waals surface area contributed by atoms with Crippen LogP contribution in [0.25, 0.3) is 0 Å². The van der Waals surface area contributed by atoms with Gasteiger partial charge in [0.15, 0.2) is 0 Å². The molecule has 0 rings (SSSR count). The Kier molecular flexibility index (Phi) is 91.5. The summed E-state index contributed by atoms with van der Waals surface area (Å²) in [6, 6.07) is 0. The van der Waals surface area contributed by atoms with Crippen LogP contribution in [-0.4, -0.2) is 37.2 Å². The summed E-state index contributed by atoms with van der Waals surface area (Å²) in [5.74, 6) is 0. The Morgan fingerprint density at radius 1 is 0.538 bits per heavy atom. The van der Waals surface area contributed by atoms with Crippen LogP contribution in [0.3, 0.4) is 0 Å². The molecular weight excluding hydrogens is 196 g/mol. The van der Waals surface area contributed by atoms with E-state index in [0.717, 1.165) is 0 Å². The van der Waals surface area contributed by atoms with Gasteiger partial charge in [0.05, 0.1) is 28.2 Å². The predicted octanol–water partition coefficient (Wildman–Crippen LogP) is -9.70. The van der Waals surface area contributed by atoms with E-state index in [1.807, 2.05) is 0 Å². The third-order valence-corrected chi connectivity index (χ3v) is 0. The fraction of sp³-hybridized carbons (Fsp3) is 1.00. The van der Waals surface area contributed by atoms with Crippen LogP contribution in [-0.2, 0) is 0 Å². The molecule has 88 valence electrons. The zero-order chi connectivity index (χ0) is 12.5. The minimum atomic E-state index is -5.61. The normalized spacial score (nSPS) is 6.46. The van der Waals surface area contributed by atoms with Crippen LogP contribution in [0, 0.1) is 0 Å². The fourth-order valence-corrected chi connectivity index (χ4v) is 0. The Morgan fingerprint density at radius 3 is 0.538 bits per heavy atom.